The monoisotopic (exact) mass is 296 g/mol. The normalized spacial score (nSPS) is 0. The van der Waals surface area contributed by atoms with Gasteiger partial charge < -0.3 is 60.6 Å². The van der Waals surface area contributed by atoms with Crippen LogP contribution in [0.5, 0.6) is 0 Å². The molecule has 0 atom stereocenters. The average Bonchev–Trinajstić information content (AvgIpc) is 0. The second-order valence-corrected chi connectivity index (χ2v) is 0. The first-order chi connectivity index (χ1) is 0. The van der Waals surface area contributed by atoms with E-state index in [4.69, 9.17) is 0 Å². The molecular weight excluding hydrogens is 293 g/mol. The molecule has 0 aromatic rings. The van der Waals surface area contributed by atoms with E-state index in [1.165, 1.54) is 0 Å². The molecule has 0 aliphatic rings. The summed E-state index contributed by atoms with van der Waals surface area (Å²) in [6.45, 7) is 0. The third-order valence-corrected chi connectivity index (χ3v) is 0. The molecule has 0 bridgehead atoms. The van der Waals surface area contributed by atoms with Crippen LogP contribution in [-0.2, 0) is 0 Å². The van der Waals surface area contributed by atoms with E-state index >= 15 is 0 Å². The van der Waals surface area contributed by atoms with Gasteiger partial charge in [0.25, 0.3) is 0 Å². The van der Waals surface area contributed by atoms with Gasteiger partial charge in [0.1, 0.15) is 0 Å². The molecule has 0 fully saturated rings. The molecule has 48 valence electrons. The van der Waals surface area contributed by atoms with Gasteiger partial charge >= 0.3 is 23.9 Å². The van der Waals surface area contributed by atoms with Crippen molar-refractivity contribution in [3.8, 4) is 0 Å². The van der Waals surface area contributed by atoms with Crippen molar-refractivity contribution in [3.05, 3.63) is 0 Å². The van der Waals surface area contributed by atoms with E-state index in [1.54, 1.807) is 0 Å². The van der Waals surface area contributed by atoms with Crippen LogP contribution in [-0.4, -0.2) is 34.9 Å². The fraction of sp³-hybridized carbons (Fsp3) is 0. The molecule has 0 rings (SSSR count). The van der Waals surface area contributed by atoms with Crippen molar-refractivity contribution in [2.75, 3.05) is 0 Å². The molecule has 0 saturated heterocycles. The van der Waals surface area contributed by atoms with Gasteiger partial charge in [-0.3, -0.25) is 0 Å². The van der Waals surface area contributed by atoms with Crippen molar-refractivity contribution in [1.82, 2.24) is 0 Å². The molecule has 2 nitrogen and oxygen atoms in total. The van der Waals surface area contributed by atoms with Gasteiger partial charge in [0.2, 0.25) is 0 Å². The molecule has 0 spiro atoms. The molecule has 4 N–H and O–H groups in total. The Morgan fingerprint density at radius 3 is 0.429 bits per heavy atom. The van der Waals surface area contributed by atoms with Crippen LogP contribution < -0.4 is 49.6 Å². The summed E-state index contributed by atoms with van der Waals surface area (Å²) in [6, 6.07) is 0. The smallest absolute Gasteiger partial charge is 1.00 e. The Morgan fingerprint density at radius 1 is 0.429 bits per heavy atom. The van der Waals surface area contributed by atoms with Crippen molar-refractivity contribution in [2.24, 2.45) is 0 Å². The summed E-state index contributed by atoms with van der Waals surface area (Å²) in [5.74, 6) is 0. The zero-order valence-corrected chi connectivity index (χ0v) is 8.89. The molecule has 0 aromatic heterocycles. The molecule has 0 unspecified atom stereocenters. The summed E-state index contributed by atoms with van der Waals surface area (Å²) in [4.78, 5) is 0. The van der Waals surface area contributed by atoms with E-state index < -0.39 is 0 Å². The first-order valence-electron chi connectivity index (χ1n) is 0. The summed E-state index contributed by atoms with van der Waals surface area (Å²) in [5, 5.41) is 0. The molecular formula is H4Cl4O2Sn. The van der Waals surface area contributed by atoms with Crippen molar-refractivity contribution < 1.29 is 60.6 Å². The van der Waals surface area contributed by atoms with Crippen LogP contribution in [0, 0.1) is 0 Å². The Morgan fingerprint density at radius 2 is 0.429 bits per heavy atom. The zero-order valence-electron chi connectivity index (χ0n) is 3.01. The fourth-order valence-corrected chi connectivity index (χ4v) is 0. The van der Waals surface area contributed by atoms with Crippen LogP contribution in [0.4, 0.5) is 0 Å². The molecule has 0 aliphatic heterocycles. The molecule has 7 heteroatoms. The number of hydrogen-bond acceptors (Lipinski definition) is 0. The Bertz CT molecular complexity index is 9.65. The van der Waals surface area contributed by atoms with Crippen LogP contribution in [0.1, 0.15) is 0 Å². The Hall–Kier alpha value is 1.88. The predicted molar refractivity (Wildman–Crippen MR) is 13.0 cm³/mol. The largest absolute Gasteiger partial charge is 4.00 e. The van der Waals surface area contributed by atoms with Crippen LogP contribution in [0.3, 0.4) is 0 Å². The molecule has 0 radical (unpaired) electrons. The maximum atomic E-state index is 0. The Labute approximate surface area is 84.0 Å². The summed E-state index contributed by atoms with van der Waals surface area (Å²) in [5.41, 5.74) is 0. The second-order valence-electron chi connectivity index (χ2n) is 0. The fourth-order valence-electron chi connectivity index (χ4n) is 0. The summed E-state index contributed by atoms with van der Waals surface area (Å²) < 4.78 is 0. The van der Waals surface area contributed by atoms with E-state index in [9.17, 15) is 0 Å². The molecule has 0 aliphatic carbocycles. The van der Waals surface area contributed by atoms with Gasteiger partial charge in [0, 0.05) is 0 Å². The number of hydrogen-bond donors (Lipinski definition) is 0. The first kappa shape index (κ1) is 156. The standard InChI is InChI=1S/4ClH.2H2O.Sn/h4*1H;2*1H2;/q;;;;;;+4/p-4. The summed E-state index contributed by atoms with van der Waals surface area (Å²) in [6.07, 6.45) is 0. The Kier molecular flexibility index (Phi) is 2360. The van der Waals surface area contributed by atoms with E-state index in [1.807, 2.05) is 0 Å². The van der Waals surface area contributed by atoms with Crippen LogP contribution in [0.25, 0.3) is 0 Å². The summed E-state index contributed by atoms with van der Waals surface area (Å²) in [7, 11) is 0. The minimum absolute atomic E-state index is 0. The second kappa shape index (κ2) is 106. The van der Waals surface area contributed by atoms with Crippen LogP contribution in [0.15, 0.2) is 0 Å². The van der Waals surface area contributed by atoms with Crippen molar-refractivity contribution in [1.29, 1.82) is 0 Å². The molecule has 0 amide bonds. The third kappa shape index (κ3) is 77.1. The van der Waals surface area contributed by atoms with Crippen LogP contribution >= 0.6 is 0 Å². The summed E-state index contributed by atoms with van der Waals surface area (Å²) >= 11 is 0. The number of rotatable bonds is 0. The van der Waals surface area contributed by atoms with E-state index in [0.29, 0.717) is 0 Å². The van der Waals surface area contributed by atoms with E-state index in [-0.39, 0.29) is 84.5 Å². The van der Waals surface area contributed by atoms with Gasteiger partial charge in [-0.15, -0.1) is 0 Å². The molecule has 0 heterocycles. The topological polar surface area (TPSA) is 63.0 Å². The van der Waals surface area contributed by atoms with Crippen molar-refractivity contribution in [2.45, 2.75) is 0 Å². The van der Waals surface area contributed by atoms with E-state index in [2.05, 4.69) is 0 Å². The van der Waals surface area contributed by atoms with Gasteiger partial charge in [-0.1, -0.05) is 0 Å². The minimum atomic E-state index is 0. The maximum Gasteiger partial charge on any atom is 4.00 e. The zero-order chi connectivity index (χ0) is 0. The Balaban J connectivity index is 0. The predicted octanol–water partition coefficient (Wildman–Crippen LogP) is -14.0. The van der Waals surface area contributed by atoms with Crippen molar-refractivity contribution in [3.63, 3.8) is 0 Å². The van der Waals surface area contributed by atoms with E-state index in [0.717, 1.165) is 0 Å². The maximum absolute atomic E-state index is 0. The van der Waals surface area contributed by atoms with Gasteiger partial charge in [0.05, 0.1) is 0 Å². The minimum Gasteiger partial charge on any atom is -1.00 e. The van der Waals surface area contributed by atoms with Crippen LogP contribution in [0.2, 0.25) is 0 Å². The SMILES string of the molecule is O.O.[Cl-].[Cl-].[Cl-].[Cl-].[Sn+4]. The number of halogens is 4. The van der Waals surface area contributed by atoms with Crippen molar-refractivity contribution >= 4 is 23.9 Å². The molecule has 7 heavy (non-hydrogen) atoms. The third-order valence-electron chi connectivity index (χ3n) is 0. The van der Waals surface area contributed by atoms with Gasteiger partial charge in [-0.2, -0.15) is 0 Å². The molecule has 0 aromatic carbocycles. The quantitative estimate of drug-likeness (QED) is 0.399. The first-order valence-corrected chi connectivity index (χ1v) is 0. The average molecular weight is 297 g/mol. The van der Waals surface area contributed by atoms with Gasteiger partial charge in [0.15, 0.2) is 0 Å². The van der Waals surface area contributed by atoms with Gasteiger partial charge in [-0.25, -0.2) is 0 Å². The molecule has 0 saturated carbocycles. The van der Waals surface area contributed by atoms with Gasteiger partial charge in [-0.05, 0) is 0 Å².